The lowest BCUT2D eigenvalue weighted by atomic mass is 10.1. The average Bonchev–Trinajstić information content (AvgIpc) is 2.63. The van der Waals surface area contributed by atoms with Crippen LogP contribution < -0.4 is 10.1 Å². The fourth-order valence-corrected chi connectivity index (χ4v) is 2.54. The first-order valence-corrected chi connectivity index (χ1v) is 8.42. The van der Waals surface area contributed by atoms with Gasteiger partial charge < -0.3 is 10.1 Å². The van der Waals surface area contributed by atoms with Gasteiger partial charge in [-0.3, -0.25) is 4.79 Å². The summed E-state index contributed by atoms with van der Waals surface area (Å²) in [7, 11) is 0. The molecule has 3 aromatic carbocycles. The van der Waals surface area contributed by atoms with Crippen LogP contribution >= 0.6 is 23.2 Å². The molecule has 0 atom stereocenters. The monoisotopic (exact) mass is 385 g/mol. The van der Waals surface area contributed by atoms with Gasteiger partial charge in [-0.1, -0.05) is 41.4 Å². The molecule has 26 heavy (non-hydrogen) atoms. The van der Waals surface area contributed by atoms with Crippen LogP contribution in [-0.2, 0) is 0 Å². The molecule has 0 radical (unpaired) electrons. The molecule has 0 aromatic heterocycles. The molecule has 130 valence electrons. The van der Waals surface area contributed by atoms with Crippen LogP contribution in [0.1, 0.15) is 20.7 Å². The number of carbonyl (C=O) groups excluding carboxylic acids is 2. The Hall–Kier alpha value is -2.82. The summed E-state index contributed by atoms with van der Waals surface area (Å²) in [5.74, 6) is -0.584. The van der Waals surface area contributed by atoms with E-state index in [1.165, 1.54) is 12.1 Å². The summed E-state index contributed by atoms with van der Waals surface area (Å²) in [5.41, 5.74) is 0.857. The van der Waals surface area contributed by atoms with E-state index in [0.717, 1.165) is 0 Å². The number of anilines is 1. The summed E-state index contributed by atoms with van der Waals surface area (Å²) in [6.07, 6.45) is 0. The van der Waals surface area contributed by atoms with Crippen molar-refractivity contribution in [2.75, 3.05) is 5.32 Å². The van der Waals surface area contributed by atoms with Crippen LogP contribution in [0.4, 0.5) is 5.69 Å². The third-order valence-electron chi connectivity index (χ3n) is 3.51. The summed E-state index contributed by atoms with van der Waals surface area (Å²) < 4.78 is 5.33. The van der Waals surface area contributed by atoms with Crippen molar-refractivity contribution in [3.8, 4) is 5.75 Å². The first-order valence-electron chi connectivity index (χ1n) is 7.66. The van der Waals surface area contributed by atoms with Gasteiger partial charge in [-0.25, -0.2) is 4.79 Å². The molecule has 0 bridgehead atoms. The second-order valence-electron chi connectivity index (χ2n) is 5.35. The van der Waals surface area contributed by atoms with Gasteiger partial charge in [-0.05, 0) is 54.6 Å². The molecule has 1 amide bonds. The predicted molar refractivity (Wildman–Crippen MR) is 102 cm³/mol. The summed E-state index contributed by atoms with van der Waals surface area (Å²) in [4.78, 5) is 24.9. The lowest BCUT2D eigenvalue weighted by molar-refractivity contribution is 0.0736. The number of hydrogen-bond acceptors (Lipinski definition) is 3. The molecule has 6 heteroatoms. The van der Waals surface area contributed by atoms with Gasteiger partial charge in [0.15, 0.2) is 0 Å². The van der Waals surface area contributed by atoms with Crippen molar-refractivity contribution in [2.24, 2.45) is 0 Å². The Labute approximate surface area is 160 Å². The van der Waals surface area contributed by atoms with Crippen molar-refractivity contribution >= 4 is 40.8 Å². The molecule has 0 heterocycles. The van der Waals surface area contributed by atoms with Crippen LogP contribution in [-0.4, -0.2) is 11.9 Å². The van der Waals surface area contributed by atoms with E-state index in [2.05, 4.69) is 5.32 Å². The zero-order chi connectivity index (χ0) is 18.5. The number of carbonyl (C=O) groups is 2. The Morgan fingerprint density at radius 3 is 2.15 bits per heavy atom. The minimum Gasteiger partial charge on any atom is -0.423 e. The summed E-state index contributed by atoms with van der Waals surface area (Å²) >= 11 is 11.8. The first-order chi connectivity index (χ1) is 12.5. The Balaban J connectivity index is 1.84. The Morgan fingerprint density at radius 2 is 1.46 bits per heavy atom. The van der Waals surface area contributed by atoms with Gasteiger partial charge >= 0.3 is 5.97 Å². The number of nitrogens with one attached hydrogen (secondary N) is 1. The van der Waals surface area contributed by atoms with Gasteiger partial charge in [0.25, 0.3) is 5.91 Å². The lowest BCUT2D eigenvalue weighted by Gasteiger charge is -2.11. The molecule has 0 unspecified atom stereocenters. The van der Waals surface area contributed by atoms with E-state index in [0.29, 0.717) is 21.4 Å². The van der Waals surface area contributed by atoms with Crippen molar-refractivity contribution in [1.29, 1.82) is 0 Å². The standard InChI is InChI=1S/C20H13Cl2NO3/c21-14-8-6-13(7-9-14)19(24)23-18-12-15(22)10-11-17(18)20(25)26-16-4-2-1-3-5-16/h1-12H,(H,23,24). The van der Waals surface area contributed by atoms with Gasteiger partial charge in [-0.2, -0.15) is 0 Å². The highest BCUT2D eigenvalue weighted by Crippen LogP contribution is 2.24. The number of rotatable bonds is 4. The van der Waals surface area contributed by atoms with Crippen LogP contribution in [0, 0.1) is 0 Å². The topological polar surface area (TPSA) is 55.4 Å². The number of halogens is 2. The van der Waals surface area contributed by atoms with E-state index in [-0.39, 0.29) is 11.3 Å². The van der Waals surface area contributed by atoms with E-state index in [1.807, 2.05) is 6.07 Å². The molecule has 0 spiro atoms. The second kappa shape index (κ2) is 8.04. The molecular formula is C20H13Cl2NO3. The highest BCUT2D eigenvalue weighted by atomic mass is 35.5. The minimum absolute atomic E-state index is 0.195. The number of hydrogen-bond donors (Lipinski definition) is 1. The number of ether oxygens (including phenoxy) is 1. The van der Waals surface area contributed by atoms with Gasteiger partial charge in [0.05, 0.1) is 11.3 Å². The largest absolute Gasteiger partial charge is 0.423 e. The number of benzene rings is 3. The van der Waals surface area contributed by atoms with Crippen molar-refractivity contribution in [1.82, 2.24) is 0 Å². The SMILES string of the molecule is O=C(Nc1cc(Cl)ccc1C(=O)Oc1ccccc1)c1ccc(Cl)cc1. The van der Waals surface area contributed by atoms with Crippen LogP contribution in [0.5, 0.6) is 5.75 Å². The molecule has 0 saturated carbocycles. The molecule has 0 saturated heterocycles. The van der Waals surface area contributed by atoms with E-state index < -0.39 is 11.9 Å². The van der Waals surface area contributed by atoms with Crippen LogP contribution in [0.2, 0.25) is 10.0 Å². The number of para-hydroxylation sites is 1. The van der Waals surface area contributed by atoms with Crippen molar-refractivity contribution in [3.63, 3.8) is 0 Å². The van der Waals surface area contributed by atoms with E-state index in [1.54, 1.807) is 54.6 Å². The molecule has 0 fully saturated rings. The van der Waals surface area contributed by atoms with Crippen LogP contribution in [0.3, 0.4) is 0 Å². The van der Waals surface area contributed by atoms with Gasteiger partial charge in [0.2, 0.25) is 0 Å². The lowest BCUT2D eigenvalue weighted by Crippen LogP contribution is -2.17. The molecule has 3 rings (SSSR count). The summed E-state index contributed by atoms with van der Waals surface area (Å²) in [6, 6.07) is 19.6. The highest BCUT2D eigenvalue weighted by Gasteiger charge is 2.17. The van der Waals surface area contributed by atoms with Gasteiger partial charge in [0, 0.05) is 15.6 Å². The van der Waals surface area contributed by atoms with Crippen molar-refractivity contribution in [3.05, 3.63) is 94.0 Å². The van der Waals surface area contributed by atoms with Crippen molar-refractivity contribution in [2.45, 2.75) is 0 Å². The van der Waals surface area contributed by atoms with Crippen LogP contribution in [0.15, 0.2) is 72.8 Å². The normalized spacial score (nSPS) is 10.2. The van der Waals surface area contributed by atoms with Crippen molar-refractivity contribution < 1.29 is 14.3 Å². The third kappa shape index (κ3) is 4.42. The average molecular weight is 386 g/mol. The van der Waals surface area contributed by atoms with E-state index in [9.17, 15) is 9.59 Å². The first kappa shape index (κ1) is 18.0. The fraction of sp³-hybridized carbons (Fsp3) is 0. The number of amides is 1. The Bertz CT molecular complexity index is 941. The minimum atomic E-state index is -0.598. The van der Waals surface area contributed by atoms with E-state index in [4.69, 9.17) is 27.9 Å². The molecule has 0 aliphatic carbocycles. The zero-order valence-electron chi connectivity index (χ0n) is 13.4. The Kier molecular flexibility index (Phi) is 5.56. The van der Waals surface area contributed by atoms with Crippen LogP contribution in [0.25, 0.3) is 0 Å². The third-order valence-corrected chi connectivity index (χ3v) is 4.00. The molecule has 0 aliphatic heterocycles. The summed E-state index contributed by atoms with van der Waals surface area (Å²) in [5, 5.41) is 3.59. The highest BCUT2D eigenvalue weighted by molar-refractivity contribution is 6.31. The smallest absolute Gasteiger partial charge is 0.345 e. The molecule has 0 aliphatic rings. The van der Waals surface area contributed by atoms with Gasteiger partial charge in [0.1, 0.15) is 5.75 Å². The zero-order valence-corrected chi connectivity index (χ0v) is 14.9. The molecule has 1 N–H and O–H groups in total. The maximum absolute atomic E-state index is 12.5. The maximum Gasteiger partial charge on any atom is 0.345 e. The Morgan fingerprint density at radius 1 is 0.808 bits per heavy atom. The predicted octanol–water partition coefficient (Wildman–Crippen LogP) is 5.46. The number of esters is 1. The molecule has 3 aromatic rings. The van der Waals surface area contributed by atoms with E-state index >= 15 is 0 Å². The second-order valence-corrected chi connectivity index (χ2v) is 6.23. The molecular weight excluding hydrogens is 373 g/mol. The van der Waals surface area contributed by atoms with Gasteiger partial charge in [-0.15, -0.1) is 0 Å². The quantitative estimate of drug-likeness (QED) is 0.478. The maximum atomic E-state index is 12.5. The summed E-state index contributed by atoms with van der Waals surface area (Å²) in [6.45, 7) is 0. The fourth-order valence-electron chi connectivity index (χ4n) is 2.24. The molecule has 4 nitrogen and oxygen atoms in total.